The van der Waals surface area contributed by atoms with Gasteiger partial charge in [-0.3, -0.25) is 10.1 Å². The SMILES string of the molecule is Cc1ccc(-c2ccc(/C=C/C(=O)NC(=S)Nc3cc(C(C)C)ccc3O)o2)cc1Cl. The van der Waals surface area contributed by atoms with Gasteiger partial charge in [-0.15, -0.1) is 0 Å². The van der Waals surface area contributed by atoms with Crippen LogP contribution in [0.5, 0.6) is 5.75 Å². The van der Waals surface area contributed by atoms with Crippen molar-refractivity contribution < 1.29 is 14.3 Å². The summed E-state index contributed by atoms with van der Waals surface area (Å²) in [6.45, 7) is 6.03. The molecule has 0 aliphatic carbocycles. The number of rotatable bonds is 5. The zero-order chi connectivity index (χ0) is 22.5. The van der Waals surface area contributed by atoms with Crippen LogP contribution < -0.4 is 10.6 Å². The van der Waals surface area contributed by atoms with Crippen molar-refractivity contribution in [3.63, 3.8) is 0 Å². The molecule has 31 heavy (non-hydrogen) atoms. The number of benzene rings is 2. The van der Waals surface area contributed by atoms with E-state index < -0.39 is 5.91 Å². The molecular formula is C24H23ClN2O3S. The van der Waals surface area contributed by atoms with Gasteiger partial charge in [0.2, 0.25) is 5.91 Å². The molecule has 160 valence electrons. The van der Waals surface area contributed by atoms with Gasteiger partial charge in [-0.05, 0) is 72.6 Å². The Morgan fingerprint density at radius 1 is 1.16 bits per heavy atom. The van der Waals surface area contributed by atoms with Gasteiger partial charge >= 0.3 is 0 Å². The van der Waals surface area contributed by atoms with E-state index in [1.165, 1.54) is 6.08 Å². The molecule has 0 unspecified atom stereocenters. The van der Waals surface area contributed by atoms with Crippen LogP contribution in [0.3, 0.4) is 0 Å². The fraction of sp³-hybridized carbons (Fsp3) is 0.167. The van der Waals surface area contributed by atoms with Gasteiger partial charge in [0.25, 0.3) is 0 Å². The van der Waals surface area contributed by atoms with E-state index in [-0.39, 0.29) is 10.9 Å². The lowest BCUT2D eigenvalue weighted by Gasteiger charge is -2.13. The molecule has 0 atom stereocenters. The molecule has 1 heterocycles. The van der Waals surface area contributed by atoms with Gasteiger partial charge in [-0.2, -0.15) is 0 Å². The molecule has 1 aromatic heterocycles. The van der Waals surface area contributed by atoms with E-state index in [9.17, 15) is 9.90 Å². The molecule has 5 nitrogen and oxygen atoms in total. The maximum absolute atomic E-state index is 12.2. The standard InChI is InChI=1S/C24H23ClN2O3S/c1-14(2)16-6-9-21(28)20(13-16)26-24(31)27-23(29)11-8-18-7-10-22(30-18)17-5-4-15(3)19(25)12-17/h4-14,28H,1-3H3,(H2,26,27,29,31)/b11-8+. The lowest BCUT2D eigenvalue weighted by atomic mass is 10.0. The zero-order valence-corrected chi connectivity index (χ0v) is 19.0. The maximum atomic E-state index is 12.2. The number of furan rings is 1. The Balaban J connectivity index is 1.61. The fourth-order valence-corrected chi connectivity index (χ4v) is 3.21. The van der Waals surface area contributed by atoms with Crippen LogP contribution in [0.4, 0.5) is 5.69 Å². The third-order valence-corrected chi connectivity index (χ3v) is 5.27. The molecule has 0 aliphatic rings. The summed E-state index contributed by atoms with van der Waals surface area (Å²) < 4.78 is 5.76. The molecule has 3 rings (SSSR count). The third kappa shape index (κ3) is 5.96. The first-order valence-electron chi connectivity index (χ1n) is 9.72. The van der Waals surface area contributed by atoms with Gasteiger partial charge in [-0.25, -0.2) is 0 Å². The minimum absolute atomic E-state index is 0.0517. The maximum Gasteiger partial charge on any atom is 0.250 e. The molecule has 0 saturated carbocycles. The highest BCUT2D eigenvalue weighted by Gasteiger charge is 2.09. The number of amides is 1. The number of nitrogens with one attached hydrogen (secondary N) is 2. The molecule has 2 aromatic carbocycles. The Morgan fingerprint density at radius 3 is 2.65 bits per heavy atom. The molecule has 0 spiro atoms. The molecule has 0 bridgehead atoms. The Labute approximate surface area is 191 Å². The van der Waals surface area contributed by atoms with Gasteiger partial charge in [0.05, 0.1) is 5.69 Å². The molecule has 0 aliphatic heterocycles. The van der Waals surface area contributed by atoms with Crippen molar-refractivity contribution in [2.75, 3.05) is 5.32 Å². The van der Waals surface area contributed by atoms with E-state index in [0.29, 0.717) is 28.1 Å². The number of hydrogen-bond donors (Lipinski definition) is 3. The van der Waals surface area contributed by atoms with Gasteiger partial charge in [0, 0.05) is 16.7 Å². The summed E-state index contributed by atoms with van der Waals surface area (Å²) in [7, 11) is 0. The van der Waals surface area contributed by atoms with E-state index >= 15 is 0 Å². The minimum Gasteiger partial charge on any atom is -0.506 e. The van der Waals surface area contributed by atoms with Crippen molar-refractivity contribution in [3.05, 3.63) is 76.5 Å². The highest BCUT2D eigenvalue weighted by Crippen LogP contribution is 2.28. The molecule has 3 N–H and O–H groups in total. The Bertz CT molecular complexity index is 1150. The van der Waals surface area contributed by atoms with Crippen LogP contribution in [0.2, 0.25) is 5.02 Å². The zero-order valence-electron chi connectivity index (χ0n) is 17.4. The summed E-state index contributed by atoms with van der Waals surface area (Å²) in [5.74, 6) is 1.09. The lowest BCUT2D eigenvalue weighted by Crippen LogP contribution is -2.32. The van der Waals surface area contributed by atoms with Gasteiger partial charge in [0.1, 0.15) is 17.3 Å². The smallest absolute Gasteiger partial charge is 0.250 e. The number of hydrogen-bond acceptors (Lipinski definition) is 4. The van der Waals surface area contributed by atoms with E-state index in [4.69, 9.17) is 28.2 Å². The first-order chi connectivity index (χ1) is 14.7. The van der Waals surface area contributed by atoms with Crippen LogP contribution in [0, 0.1) is 6.92 Å². The minimum atomic E-state index is -0.423. The van der Waals surface area contributed by atoms with Crippen molar-refractivity contribution in [1.82, 2.24) is 5.32 Å². The second-order valence-electron chi connectivity index (χ2n) is 7.37. The highest BCUT2D eigenvalue weighted by molar-refractivity contribution is 7.80. The quantitative estimate of drug-likeness (QED) is 0.241. The topological polar surface area (TPSA) is 74.5 Å². The predicted molar refractivity (Wildman–Crippen MR) is 129 cm³/mol. The number of aryl methyl sites for hydroxylation is 1. The third-order valence-electron chi connectivity index (χ3n) is 4.65. The van der Waals surface area contributed by atoms with Crippen molar-refractivity contribution >= 4 is 46.6 Å². The molecule has 0 fully saturated rings. The second-order valence-corrected chi connectivity index (χ2v) is 8.19. The first kappa shape index (κ1) is 22.6. The Kier molecular flexibility index (Phi) is 7.15. The van der Waals surface area contributed by atoms with E-state index in [1.54, 1.807) is 24.3 Å². The number of halogens is 1. The normalized spacial score (nSPS) is 11.1. The summed E-state index contributed by atoms with van der Waals surface area (Å²) in [5, 5.41) is 16.2. The molecule has 3 aromatic rings. The molecular weight excluding hydrogens is 432 g/mol. The van der Waals surface area contributed by atoms with E-state index in [2.05, 4.69) is 24.5 Å². The number of phenols is 1. The van der Waals surface area contributed by atoms with Crippen LogP contribution in [-0.2, 0) is 4.79 Å². The number of aromatic hydroxyl groups is 1. The summed E-state index contributed by atoms with van der Waals surface area (Å²) in [6, 6.07) is 14.5. The van der Waals surface area contributed by atoms with Crippen molar-refractivity contribution in [2.24, 2.45) is 0 Å². The second kappa shape index (κ2) is 9.81. The van der Waals surface area contributed by atoms with Gasteiger partial charge in [-0.1, -0.05) is 43.6 Å². The largest absolute Gasteiger partial charge is 0.506 e. The van der Waals surface area contributed by atoms with Crippen molar-refractivity contribution in [1.29, 1.82) is 0 Å². The molecule has 1 amide bonds. The van der Waals surface area contributed by atoms with Crippen LogP contribution in [0.1, 0.15) is 36.7 Å². The Hall–Kier alpha value is -3.09. The van der Waals surface area contributed by atoms with E-state index in [0.717, 1.165) is 16.7 Å². The summed E-state index contributed by atoms with van der Waals surface area (Å²) >= 11 is 11.3. The average molecular weight is 455 g/mol. The van der Waals surface area contributed by atoms with Crippen LogP contribution in [-0.4, -0.2) is 16.1 Å². The Morgan fingerprint density at radius 2 is 1.94 bits per heavy atom. The van der Waals surface area contributed by atoms with Crippen molar-refractivity contribution in [2.45, 2.75) is 26.7 Å². The summed E-state index contributed by atoms with van der Waals surface area (Å²) in [5.41, 5.74) is 3.32. The molecule has 0 saturated heterocycles. The average Bonchev–Trinajstić information content (AvgIpc) is 3.19. The van der Waals surface area contributed by atoms with Crippen LogP contribution >= 0.6 is 23.8 Å². The summed E-state index contributed by atoms with van der Waals surface area (Å²) in [4.78, 5) is 12.2. The predicted octanol–water partition coefficient (Wildman–Crippen LogP) is 6.26. The highest BCUT2D eigenvalue weighted by atomic mass is 35.5. The van der Waals surface area contributed by atoms with Crippen molar-refractivity contribution in [3.8, 4) is 17.1 Å². The lowest BCUT2D eigenvalue weighted by molar-refractivity contribution is -0.115. The summed E-state index contributed by atoms with van der Waals surface area (Å²) in [6.07, 6.45) is 2.87. The van der Waals surface area contributed by atoms with E-state index in [1.807, 2.05) is 37.3 Å². The van der Waals surface area contributed by atoms with Gasteiger partial charge < -0.3 is 14.8 Å². The first-order valence-corrected chi connectivity index (χ1v) is 10.5. The van der Waals surface area contributed by atoms with Gasteiger partial charge in [0.15, 0.2) is 5.11 Å². The molecule has 7 heteroatoms. The fourth-order valence-electron chi connectivity index (χ4n) is 2.82. The number of carbonyl (C=O) groups excluding carboxylic acids is 1. The van der Waals surface area contributed by atoms with Crippen LogP contribution in [0.25, 0.3) is 17.4 Å². The number of anilines is 1. The number of phenolic OH excluding ortho intramolecular Hbond substituents is 1. The van der Waals surface area contributed by atoms with Crippen LogP contribution in [0.15, 0.2) is 59.0 Å². The number of thiocarbonyl (C=S) groups is 1. The monoisotopic (exact) mass is 454 g/mol. The molecule has 0 radical (unpaired) electrons. The number of carbonyl (C=O) groups is 1.